The van der Waals surface area contributed by atoms with Gasteiger partial charge < -0.3 is 15.6 Å². The van der Waals surface area contributed by atoms with Crippen molar-refractivity contribution < 1.29 is 14.2 Å². The van der Waals surface area contributed by atoms with Gasteiger partial charge in [-0.05, 0) is 12.5 Å². The molecule has 0 radical (unpaired) electrons. The molecule has 0 heterocycles. The topological polar surface area (TPSA) is 55.5 Å². The Labute approximate surface area is 82.3 Å². The van der Waals surface area contributed by atoms with E-state index in [0.717, 1.165) is 0 Å². The first kappa shape index (κ1) is 10.9. The number of methoxy groups -OCH3 is 1. The molecule has 0 aromatic heterocycles. The highest BCUT2D eigenvalue weighted by atomic mass is 19.1. The van der Waals surface area contributed by atoms with Gasteiger partial charge in [0.15, 0.2) is 11.6 Å². The van der Waals surface area contributed by atoms with Crippen LogP contribution in [0.4, 0.5) is 4.39 Å². The zero-order valence-electron chi connectivity index (χ0n) is 8.03. The lowest BCUT2D eigenvalue weighted by molar-refractivity contribution is 0.274. The molecule has 1 aromatic carbocycles. The number of hydrogen-bond acceptors (Lipinski definition) is 3. The number of aliphatic hydroxyl groups excluding tert-OH is 1. The van der Waals surface area contributed by atoms with Crippen molar-refractivity contribution >= 4 is 0 Å². The van der Waals surface area contributed by atoms with Crippen LogP contribution < -0.4 is 10.5 Å². The summed E-state index contributed by atoms with van der Waals surface area (Å²) in [5.74, 6) is -0.271. The maximum atomic E-state index is 13.2. The Balaban J connectivity index is 3.00. The van der Waals surface area contributed by atoms with Gasteiger partial charge in [-0.15, -0.1) is 0 Å². The van der Waals surface area contributed by atoms with Crippen molar-refractivity contribution in [3.05, 3.63) is 29.6 Å². The fourth-order valence-electron chi connectivity index (χ4n) is 1.33. The second-order valence-corrected chi connectivity index (χ2v) is 2.98. The Hall–Kier alpha value is -1.13. The highest BCUT2D eigenvalue weighted by molar-refractivity contribution is 5.37. The number of rotatable bonds is 4. The van der Waals surface area contributed by atoms with Gasteiger partial charge in [0.2, 0.25) is 0 Å². The quantitative estimate of drug-likeness (QED) is 0.766. The molecule has 0 saturated carbocycles. The lowest BCUT2D eigenvalue weighted by Crippen LogP contribution is -2.13. The van der Waals surface area contributed by atoms with Crippen LogP contribution in [-0.2, 0) is 0 Å². The normalized spacial score (nSPS) is 12.6. The zero-order valence-corrected chi connectivity index (χ0v) is 8.03. The van der Waals surface area contributed by atoms with Crippen molar-refractivity contribution in [2.75, 3.05) is 13.7 Å². The first-order valence-corrected chi connectivity index (χ1v) is 4.39. The van der Waals surface area contributed by atoms with E-state index in [1.54, 1.807) is 12.1 Å². The Morgan fingerprint density at radius 1 is 1.57 bits per heavy atom. The van der Waals surface area contributed by atoms with Gasteiger partial charge in [-0.2, -0.15) is 0 Å². The molecule has 4 heteroatoms. The summed E-state index contributed by atoms with van der Waals surface area (Å²) in [5, 5.41) is 8.72. The van der Waals surface area contributed by atoms with Crippen molar-refractivity contribution in [1.29, 1.82) is 0 Å². The minimum Gasteiger partial charge on any atom is -0.493 e. The SMILES string of the molecule is COc1c(F)cccc1[C@@H](N)CCO. The van der Waals surface area contributed by atoms with Gasteiger partial charge in [0.05, 0.1) is 7.11 Å². The number of aliphatic hydroxyl groups is 1. The molecular weight excluding hydrogens is 185 g/mol. The van der Waals surface area contributed by atoms with Crippen LogP contribution in [0.1, 0.15) is 18.0 Å². The number of halogens is 1. The number of para-hydroxylation sites is 1. The van der Waals surface area contributed by atoms with Crippen LogP contribution in [0.2, 0.25) is 0 Å². The van der Waals surface area contributed by atoms with Crippen molar-refractivity contribution in [3.8, 4) is 5.75 Å². The zero-order chi connectivity index (χ0) is 10.6. The summed E-state index contributed by atoms with van der Waals surface area (Å²) in [6.07, 6.45) is 0.389. The number of benzene rings is 1. The van der Waals surface area contributed by atoms with E-state index in [4.69, 9.17) is 15.6 Å². The molecule has 0 spiro atoms. The standard InChI is InChI=1S/C10H14FNO2/c1-14-10-7(9(12)5-6-13)3-2-4-8(10)11/h2-4,9,13H,5-6,12H2,1H3/t9-/m0/s1. The Kier molecular flexibility index (Phi) is 3.85. The summed E-state index contributed by atoms with van der Waals surface area (Å²) in [6.45, 7) is -0.0270. The molecule has 14 heavy (non-hydrogen) atoms. The fourth-order valence-corrected chi connectivity index (χ4v) is 1.33. The molecule has 1 aromatic rings. The van der Waals surface area contributed by atoms with Crippen LogP contribution in [0, 0.1) is 5.82 Å². The van der Waals surface area contributed by atoms with Gasteiger partial charge in [-0.1, -0.05) is 12.1 Å². The first-order chi connectivity index (χ1) is 6.70. The third-order valence-corrected chi connectivity index (χ3v) is 2.04. The van der Waals surface area contributed by atoms with Gasteiger partial charge in [-0.25, -0.2) is 4.39 Å². The third-order valence-electron chi connectivity index (χ3n) is 2.04. The van der Waals surface area contributed by atoms with Crippen molar-refractivity contribution in [2.45, 2.75) is 12.5 Å². The van der Waals surface area contributed by atoms with Crippen LogP contribution in [0.5, 0.6) is 5.75 Å². The Morgan fingerprint density at radius 3 is 2.86 bits per heavy atom. The average Bonchev–Trinajstić information content (AvgIpc) is 2.17. The maximum absolute atomic E-state index is 13.2. The average molecular weight is 199 g/mol. The predicted octanol–water partition coefficient (Wildman–Crippen LogP) is 1.22. The summed E-state index contributed by atoms with van der Waals surface area (Å²) in [6, 6.07) is 4.19. The molecule has 0 bridgehead atoms. The van der Waals surface area contributed by atoms with Gasteiger partial charge >= 0.3 is 0 Å². The number of ether oxygens (including phenoxy) is 1. The minimum atomic E-state index is -0.432. The third kappa shape index (κ3) is 2.21. The summed E-state index contributed by atoms with van der Waals surface area (Å²) in [4.78, 5) is 0. The van der Waals surface area contributed by atoms with Crippen molar-refractivity contribution in [3.63, 3.8) is 0 Å². The maximum Gasteiger partial charge on any atom is 0.165 e. The smallest absolute Gasteiger partial charge is 0.165 e. The highest BCUT2D eigenvalue weighted by Gasteiger charge is 2.14. The van der Waals surface area contributed by atoms with Crippen molar-refractivity contribution in [2.24, 2.45) is 5.73 Å². The van der Waals surface area contributed by atoms with Crippen LogP contribution in [0.15, 0.2) is 18.2 Å². The molecule has 78 valence electrons. The molecule has 0 amide bonds. The lowest BCUT2D eigenvalue weighted by Gasteiger charge is -2.14. The fraction of sp³-hybridized carbons (Fsp3) is 0.400. The summed E-state index contributed by atoms with van der Waals surface area (Å²) >= 11 is 0. The molecule has 0 aliphatic carbocycles. The van der Waals surface area contributed by atoms with Gasteiger partial charge in [0.1, 0.15) is 0 Å². The van der Waals surface area contributed by atoms with Crippen molar-refractivity contribution in [1.82, 2.24) is 0 Å². The largest absolute Gasteiger partial charge is 0.493 e. The van der Waals surface area contributed by atoms with E-state index in [9.17, 15) is 4.39 Å². The van der Waals surface area contributed by atoms with E-state index < -0.39 is 11.9 Å². The van der Waals surface area contributed by atoms with E-state index >= 15 is 0 Å². The van der Waals surface area contributed by atoms with Crippen LogP contribution in [0.25, 0.3) is 0 Å². The molecule has 3 N–H and O–H groups in total. The van der Waals surface area contributed by atoms with E-state index in [1.807, 2.05) is 0 Å². The van der Waals surface area contributed by atoms with Gasteiger partial charge in [0, 0.05) is 18.2 Å². The first-order valence-electron chi connectivity index (χ1n) is 4.39. The van der Waals surface area contributed by atoms with E-state index in [0.29, 0.717) is 12.0 Å². The summed E-state index contributed by atoms with van der Waals surface area (Å²) in [5.41, 5.74) is 6.33. The molecule has 0 saturated heterocycles. The minimum absolute atomic E-state index is 0.0270. The van der Waals surface area contributed by atoms with Gasteiger partial charge in [0.25, 0.3) is 0 Å². The van der Waals surface area contributed by atoms with Crippen LogP contribution in [0.3, 0.4) is 0 Å². The lowest BCUT2D eigenvalue weighted by atomic mass is 10.0. The predicted molar refractivity (Wildman–Crippen MR) is 51.6 cm³/mol. The van der Waals surface area contributed by atoms with E-state index in [-0.39, 0.29) is 12.4 Å². The molecular formula is C10H14FNO2. The molecule has 0 fully saturated rings. The molecule has 3 nitrogen and oxygen atoms in total. The molecule has 0 aliphatic rings. The Bertz CT molecular complexity index is 304. The Morgan fingerprint density at radius 2 is 2.29 bits per heavy atom. The molecule has 1 rings (SSSR count). The second-order valence-electron chi connectivity index (χ2n) is 2.98. The van der Waals surface area contributed by atoms with E-state index in [2.05, 4.69) is 0 Å². The number of hydrogen-bond donors (Lipinski definition) is 2. The van der Waals surface area contributed by atoms with Gasteiger partial charge in [-0.3, -0.25) is 0 Å². The molecule has 0 unspecified atom stereocenters. The molecule has 1 atom stereocenters. The molecule has 0 aliphatic heterocycles. The summed E-state index contributed by atoms with van der Waals surface area (Å²) in [7, 11) is 1.40. The number of nitrogens with two attached hydrogens (primary N) is 1. The monoisotopic (exact) mass is 199 g/mol. The summed E-state index contributed by atoms with van der Waals surface area (Å²) < 4.78 is 18.1. The van der Waals surface area contributed by atoms with Crippen LogP contribution in [-0.4, -0.2) is 18.8 Å². The van der Waals surface area contributed by atoms with E-state index in [1.165, 1.54) is 13.2 Å². The second kappa shape index (κ2) is 4.93. The van der Waals surface area contributed by atoms with Crippen LogP contribution >= 0.6 is 0 Å². The highest BCUT2D eigenvalue weighted by Crippen LogP contribution is 2.27.